The standard InChI is InChI=1S/C15H29N2/c1-4-5-6-7-8-9-10-11-12-17-14-16(3)13-15(17)2/h13-14H,4-12H2,1-3H3/q+1. The van der Waals surface area contributed by atoms with Crippen molar-refractivity contribution in [3.05, 3.63) is 18.2 Å². The summed E-state index contributed by atoms with van der Waals surface area (Å²) in [5.74, 6) is 0. The maximum absolute atomic E-state index is 2.36. The normalized spacial score (nSPS) is 11.0. The molecular weight excluding hydrogens is 208 g/mol. The van der Waals surface area contributed by atoms with E-state index in [9.17, 15) is 0 Å². The lowest BCUT2D eigenvalue weighted by Gasteiger charge is -2.01. The monoisotopic (exact) mass is 237 g/mol. The number of aromatic nitrogens is 2. The largest absolute Gasteiger partial charge is 0.243 e. The predicted molar refractivity (Wildman–Crippen MR) is 73.0 cm³/mol. The van der Waals surface area contributed by atoms with Crippen LogP contribution in [-0.2, 0) is 13.6 Å². The molecule has 1 heterocycles. The van der Waals surface area contributed by atoms with Gasteiger partial charge in [-0.3, -0.25) is 0 Å². The second-order valence-electron chi connectivity index (χ2n) is 5.22. The van der Waals surface area contributed by atoms with Crippen LogP contribution < -0.4 is 4.57 Å². The van der Waals surface area contributed by atoms with Crippen LogP contribution in [0.25, 0.3) is 0 Å². The molecule has 0 aliphatic carbocycles. The Morgan fingerprint density at radius 1 is 1.00 bits per heavy atom. The van der Waals surface area contributed by atoms with Crippen molar-refractivity contribution in [2.75, 3.05) is 0 Å². The van der Waals surface area contributed by atoms with E-state index in [1.54, 1.807) is 0 Å². The number of unbranched alkanes of at least 4 members (excludes halogenated alkanes) is 7. The molecule has 1 aromatic rings. The van der Waals surface area contributed by atoms with Gasteiger partial charge in [0, 0.05) is 6.92 Å². The molecule has 0 spiro atoms. The third kappa shape index (κ3) is 5.90. The molecule has 0 fully saturated rings. The van der Waals surface area contributed by atoms with E-state index in [4.69, 9.17) is 0 Å². The van der Waals surface area contributed by atoms with Crippen LogP contribution in [-0.4, -0.2) is 4.57 Å². The number of imidazole rings is 1. The number of hydrogen-bond donors (Lipinski definition) is 0. The number of rotatable bonds is 9. The van der Waals surface area contributed by atoms with Crippen LogP contribution in [0.3, 0.4) is 0 Å². The highest BCUT2D eigenvalue weighted by Crippen LogP contribution is 2.09. The summed E-state index contributed by atoms with van der Waals surface area (Å²) in [7, 11) is 2.09. The van der Waals surface area contributed by atoms with Crippen LogP contribution in [0.4, 0.5) is 0 Å². The van der Waals surface area contributed by atoms with E-state index in [2.05, 4.69) is 42.6 Å². The van der Waals surface area contributed by atoms with Crippen molar-refractivity contribution in [1.29, 1.82) is 0 Å². The van der Waals surface area contributed by atoms with Gasteiger partial charge in [0.2, 0.25) is 6.33 Å². The molecule has 2 nitrogen and oxygen atoms in total. The predicted octanol–water partition coefficient (Wildman–Crippen LogP) is 3.76. The first-order valence-corrected chi connectivity index (χ1v) is 7.26. The maximum Gasteiger partial charge on any atom is 0.243 e. The lowest BCUT2D eigenvalue weighted by Crippen LogP contribution is -2.23. The summed E-state index contributed by atoms with van der Waals surface area (Å²) in [5, 5.41) is 0. The Hall–Kier alpha value is -0.790. The maximum atomic E-state index is 2.36. The van der Waals surface area contributed by atoms with Crippen LogP contribution in [0.15, 0.2) is 12.5 Å². The molecule has 0 radical (unpaired) electrons. The third-order valence-corrected chi connectivity index (χ3v) is 3.42. The first-order chi connectivity index (χ1) is 8.24. The molecular formula is C15H29N2+. The van der Waals surface area contributed by atoms with Gasteiger partial charge in [-0.1, -0.05) is 45.4 Å². The van der Waals surface area contributed by atoms with Crippen molar-refractivity contribution in [3.8, 4) is 0 Å². The molecule has 0 saturated heterocycles. The molecule has 0 aliphatic heterocycles. The Morgan fingerprint density at radius 3 is 2.12 bits per heavy atom. The van der Waals surface area contributed by atoms with Crippen molar-refractivity contribution in [1.82, 2.24) is 4.57 Å². The van der Waals surface area contributed by atoms with E-state index in [1.807, 2.05) is 0 Å². The molecule has 0 atom stereocenters. The van der Waals surface area contributed by atoms with Gasteiger partial charge >= 0.3 is 0 Å². The fourth-order valence-electron chi connectivity index (χ4n) is 2.36. The van der Waals surface area contributed by atoms with Crippen molar-refractivity contribution in [2.45, 2.75) is 71.8 Å². The van der Waals surface area contributed by atoms with Crippen LogP contribution in [0, 0.1) is 6.92 Å². The van der Waals surface area contributed by atoms with Crippen LogP contribution in [0.1, 0.15) is 64.0 Å². The highest BCUT2D eigenvalue weighted by molar-refractivity contribution is 4.88. The van der Waals surface area contributed by atoms with E-state index in [-0.39, 0.29) is 0 Å². The number of nitrogens with zero attached hydrogens (tertiary/aromatic N) is 2. The molecule has 17 heavy (non-hydrogen) atoms. The molecule has 98 valence electrons. The summed E-state index contributed by atoms with van der Waals surface area (Å²) in [6.45, 7) is 5.64. The van der Waals surface area contributed by atoms with Crippen molar-refractivity contribution in [3.63, 3.8) is 0 Å². The molecule has 0 bridgehead atoms. The average molecular weight is 237 g/mol. The van der Waals surface area contributed by atoms with Gasteiger partial charge in [-0.25, -0.2) is 9.13 Å². The molecule has 1 aromatic heterocycles. The van der Waals surface area contributed by atoms with Gasteiger partial charge in [-0.15, -0.1) is 0 Å². The minimum Gasteiger partial charge on any atom is -0.239 e. The Bertz CT molecular complexity index is 302. The Labute approximate surface area is 107 Å². The number of hydrogen-bond acceptors (Lipinski definition) is 0. The van der Waals surface area contributed by atoms with E-state index in [1.165, 1.54) is 63.6 Å². The zero-order chi connectivity index (χ0) is 12.5. The highest BCUT2D eigenvalue weighted by atomic mass is 15.1. The molecule has 1 rings (SSSR count). The zero-order valence-corrected chi connectivity index (χ0v) is 11.9. The van der Waals surface area contributed by atoms with Crippen molar-refractivity contribution < 1.29 is 4.57 Å². The molecule has 2 heteroatoms. The second kappa shape index (κ2) is 8.32. The summed E-state index contributed by atoms with van der Waals surface area (Å²) >= 11 is 0. The third-order valence-electron chi connectivity index (χ3n) is 3.42. The first kappa shape index (κ1) is 14.3. The van der Waals surface area contributed by atoms with Gasteiger partial charge in [-0.2, -0.15) is 0 Å². The van der Waals surface area contributed by atoms with Crippen LogP contribution >= 0.6 is 0 Å². The summed E-state index contributed by atoms with van der Waals surface area (Å²) in [4.78, 5) is 0. The minimum atomic E-state index is 1.18. The van der Waals surface area contributed by atoms with Gasteiger partial charge in [0.05, 0.1) is 13.6 Å². The van der Waals surface area contributed by atoms with E-state index in [0.29, 0.717) is 0 Å². The van der Waals surface area contributed by atoms with Crippen LogP contribution in [0.2, 0.25) is 0 Å². The highest BCUT2D eigenvalue weighted by Gasteiger charge is 2.05. The Balaban J connectivity index is 1.99. The second-order valence-corrected chi connectivity index (χ2v) is 5.22. The summed E-state index contributed by atoms with van der Waals surface area (Å²) < 4.78 is 4.50. The summed E-state index contributed by atoms with van der Waals surface area (Å²) in [6, 6.07) is 0. The van der Waals surface area contributed by atoms with Gasteiger partial charge in [0.15, 0.2) is 0 Å². The smallest absolute Gasteiger partial charge is 0.239 e. The van der Waals surface area contributed by atoms with Crippen molar-refractivity contribution in [2.24, 2.45) is 7.05 Å². The van der Waals surface area contributed by atoms with E-state index in [0.717, 1.165) is 0 Å². The lowest BCUT2D eigenvalue weighted by atomic mass is 10.1. The number of aryl methyl sites for hydroxylation is 3. The first-order valence-electron chi connectivity index (χ1n) is 7.26. The van der Waals surface area contributed by atoms with Gasteiger partial charge in [0.25, 0.3) is 0 Å². The fourth-order valence-corrected chi connectivity index (χ4v) is 2.36. The van der Waals surface area contributed by atoms with Crippen LogP contribution in [0.5, 0.6) is 0 Å². The lowest BCUT2D eigenvalue weighted by molar-refractivity contribution is -0.671. The SMILES string of the molecule is CCCCCCCCCCn1c[n+](C)cc1C. The Morgan fingerprint density at radius 2 is 1.59 bits per heavy atom. The average Bonchev–Trinajstić information content (AvgIpc) is 2.61. The molecule has 0 N–H and O–H groups in total. The topological polar surface area (TPSA) is 8.81 Å². The van der Waals surface area contributed by atoms with E-state index < -0.39 is 0 Å². The van der Waals surface area contributed by atoms with Gasteiger partial charge in [0.1, 0.15) is 11.9 Å². The quantitative estimate of drug-likeness (QED) is 0.457. The summed E-state index contributed by atoms with van der Waals surface area (Å²) in [5.41, 5.74) is 1.37. The molecule has 0 aromatic carbocycles. The Kier molecular flexibility index (Phi) is 6.99. The van der Waals surface area contributed by atoms with Gasteiger partial charge in [-0.05, 0) is 12.8 Å². The molecule has 0 amide bonds. The summed E-state index contributed by atoms with van der Waals surface area (Å²) in [6.07, 6.45) is 15.6. The van der Waals surface area contributed by atoms with Crippen molar-refractivity contribution >= 4 is 0 Å². The van der Waals surface area contributed by atoms with E-state index >= 15 is 0 Å². The van der Waals surface area contributed by atoms with Gasteiger partial charge < -0.3 is 0 Å². The zero-order valence-electron chi connectivity index (χ0n) is 11.9. The molecule has 0 saturated carbocycles. The minimum absolute atomic E-state index is 1.18. The fraction of sp³-hybridized carbons (Fsp3) is 0.800. The molecule has 0 aliphatic rings. The molecule has 0 unspecified atom stereocenters.